The Morgan fingerprint density at radius 3 is 2.41 bits per heavy atom. The third-order valence-electron chi connectivity index (χ3n) is 5.51. The Labute approximate surface area is 159 Å². The zero-order valence-electron chi connectivity index (χ0n) is 15.5. The number of aryl methyl sites for hydroxylation is 1. The van der Waals surface area contributed by atoms with Gasteiger partial charge in [0.15, 0.2) is 5.79 Å². The van der Waals surface area contributed by atoms with Crippen LogP contribution in [0.15, 0.2) is 48.5 Å². The number of ether oxygens (including phenoxy) is 2. The van der Waals surface area contributed by atoms with Gasteiger partial charge >= 0.3 is 0 Å². The van der Waals surface area contributed by atoms with Crippen LogP contribution in [-0.2, 0) is 9.47 Å². The molecule has 2 aliphatic heterocycles. The van der Waals surface area contributed by atoms with E-state index in [-0.39, 0.29) is 5.79 Å². The zero-order valence-corrected chi connectivity index (χ0v) is 15.5. The van der Waals surface area contributed by atoms with Gasteiger partial charge in [0.1, 0.15) is 0 Å². The molecule has 5 nitrogen and oxygen atoms in total. The minimum atomic E-state index is -0.382. The highest BCUT2D eigenvalue weighted by atomic mass is 16.7. The summed E-state index contributed by atoms with van der Waals surface area (Å²) in [6.07, 6.45) is 1.70. The molecule has 2 aliphatic rings. The molecule has 138 valence electrons. The quantitative estimate of drug-likeness (QED) is 0.692. The molecule has 5 rings (SSSR count). The standard InChI is InChI=1S/C22H23N3O2/c1-16-7-8-19-18(15-16)20(17-5-3-2-4-6-17)24-21(23-19)25-11-9-22(10-12-25)26-13-14-27-22/h2-8,15H,9-14H2,1H3. The molecule has 3 aromatic rings. The molecule has 27 heavy (non-hydrogen) atoms. The van der Waals surface area contributed by atoms with Crippen LogP contribution >= 0.6 is 0 Å². The van der Waals surface area contributed by atoms with Crippen molar-refractivity contribution in [1.82, 2.24) is 9.97 Å². The number of rotatable bonds is 2. The van der Waals surface area contributed by atoms with Crippen LogP contribution < -0.4 is 4.90 Å². The van der Waals surface area contributed by atoms with E-state index in [4.69, 9.17) is 19.4 Å². The second kappa shape index (κ2) is 6.59. The predicted molar refractivity (Wildman–Crippen MR) is 106 cm³/mol. The van der Waals surface area contributed by atoms with Crippen molar-refractivity contribution in [3.8, 4) is 11.3 Å². The summed E-state index contributed by atoms with van der Waals surface area (Å²) in [6, 6.07) is 16.7. The summed E-state index contributed by atoms with van der Waals surface area (Å²) in [5.41, 5.74) is 4.31. The van der Waals surface area contributed by atoms with Crippen molar-refractivity contribution in [3.05, 3.63) is 54.1 Å². The van der Waals surface area contributed by atoms with Crippen LogP contribution in [0.2, 0.25) is 0 Å². The van der Waals surface area contributed by atoms with Gasteiger partial charge in [0.05, 0.1) is 24.4 Å². The monoisotopic (exact) mass is 361 g/mol. The van der Waals surface area contributed by atoms with Crippen LogP contribution in [0, 0.1) is 6.92 Å². The number of nitrogens with zero attached hydrogens (tertiary/aromatic N) is 3. The summed E-state index contributed by atoms with van der Waals surface area (Å²) in [5.74, 6) is 0.408. The van der Waals surface area contributed by atoms with E-state index in [0.29, 0.717) is 13.2 Å². The van der Waals surface area contributed by atoms with E-state index in [1.54, 1.807) is 0 Å². The Hall–Kier alpha value is -2.50. The number of piperidine rings is 1. The lowest BCUT2D eigenvalue weighted by Gasteiger charge is -2.37. The molecular formula is C22H23N3O2. The summed E-state index contributed by atoms with van der Waals surface area (Å²) in [6.45, 7) is 5.18. The summed E-state index contributed by atoms with van der Waals surface area (Å²) in [5, 5.41) is 1.10. The Morgan fingerprint density at radius 2 is 1.67 bits per heavy atom. The average Bonchev–Trinajstić information content (AvgIpc) is 3.16. The molecule has 0 radical (unpaired) electrons. The van der Waals surface area contributed by atoms with Crippen molar-refractivity contribution in [1.29, 1.82) is 0 Å². The third kappa shape index (κ3) is 3.07. The molecule has 2 aromatic carbocycles. The molecule has 0 N–H and O–H groups in total. The molecule has 5 heteroatoms. The largest absolute Gasteiger partial charge is 0.347 e. The van der Waals surface area contributed by atoms with Crippen LogP contribution in [0.1, 0.15) is 18.4 Å². The molecule has 0 saturated carbocycles. The smallest absolute Gasteiger partial charge is 0.226 e. The van der Waals surface area contributed by atoms with E-state index in [2.05, 4.69) is 54.3 Å². The highest BCUT2D eigenvalue weighted by Crippen LogP contribution is 2.34. The number of hydrogen-bond acceptors (Lipinski definition) is 5. The van der Waals surface area contributed by atoms with E-state index in [0.717, 1.165) is 54.0 Å². The van der Waals surface area contributed by atoms with Crippen molar-refractivity contribution in [2.75, 3.05) is 31.2 Å². The number of benzene rings is 2. The van der Waals surface area contributed by atoms with E-state index in [9.17, 15) is 0 Å². The fourth-order valence-corrected chi connectivity index (χ4v) is 4.02. The van der Waals surface area contributed by atoms with Crippen LogP contribution in [-0.4, -0.2) is 42.1 Å². The van der Waals surface area contributed by atoms with Crippen molar-refractivity contribution in [2.45, 2.75) is 25.6 Å². The molecule has 3 heterocycles. The molecule has 0 atom stereocenters. The lowest BCUT2D eigenvalue weighted by molar-refractivity contribution is -0.169. The first-order valence-electron chi connectivity index (χ1n) is 9.59. The Morgan fingerprint density at radius 1 is 0.926 bits per heavy atom. The number of fused-ring (bicyclic) bond motifs is 1. The van der Waals surface area contributed by atoms with E-state index in [1.807, 2.05) is 6.07 Å². The van der Waals surface area contributed by atoms with E-state index in [1.165, 1.54) is 5.56 Å². The molecule has 1 aromatic heterocycles. The predicted octanol–water partition coefficient (Wildman–Crippen LogP) is 3.95. The van der Waals surface area contributed by atoms with Gasteiger partial charge in [0, 0.05) is 36.9 Å². The molecule has 1 spiro atoms. The van der Waals surface area contributed by atoms with Gasteiger partial charge in [-0.1, -0.05) is 42.0 Å². The van der Waals surface area contributed by atoms with Gasteiger partial charge in [-0.2, -0.15) is 0 Å². The van der Waals surface area contributed by atoms with Crippen LogP contribution in [0.4, 0.5) is 5.95 Å². The normalized spacial score (nSPS) is 19.1. The maximum Gasteiger partial charge on any atom is 0.226 e. The lowest BCUT2D eigenvalue weighted by Crippen LogP contribution is -2.45. The number of hydrogen-bond donors (Lipinski definition) is 0. The Bertz CT molecular complexity index is 958. The molecule has 2 saturated heterocycles. The first-order valence-corrected chi connectivity index (χ1v) is 9.59. The van der Waals surface area contributed by atoms with Gasteiger partial charge in [-0.15, -0.1) is 0 Å². The first-order chi connectivity index (χ1) is 13.2. The second-order valence-electron chi connectivity index (χ2n) is 7.35. The Kier molecular flexibility index (Phi) is 4.06. The highest BCUT2D eigenvalue weighted by Gasteiger charge is 2.40. The van der Waals surface area contributed by atoms with Crippen LogP contribution in [0.5, 0.6) is 0 Å². The zero-order chi connectivity index (χ0) is 18.3. The molecule has 0 unspecified atom stereocenters. The van der Waals surface area contributed by atoms with Crippen molar-refractivity contribution in [3.63, 3.8) is 0 Å². The molecule has 0 aliphatic carbocycles. The van der Waals surface area contributed by atoms with Gasteiger partial charge in [-0.05, 0) is 19.1 Å². The van der Waals surface area contributed by atoms with Gasteiger partial charge in [0.25, 0.3) is 0 Å². The summed E-state index contributed by atoms with van der Waals surface area (Å²) in [7, 11) is 0. The summed E-state index contributed by atoms with van der Waals surface area (Å²) < 4.78 is 11.7. The fourth-order valence-electron chi connectivity index (χ4n) is 4.02. The fraction of sp³-hybridized carbons (Fsp3) is 0.364. The number of anilines is 1. The number of aromatic nitrogens is 2. The van der Waals surface area contributed by atoms with Crippen LogP contribution in [0.25, 0.3) is 22.2 Å². The van der Waals surface area contributed by atoms with Gasteiger partial charge in [0.2, 0.25) is 5.95 Å². The molecule has 0 bridgehead atoms. The van der Waals surface area contributed by atoms with E-state index < -0.39 is 0 Å². The minimum Gasteiger partial charge on any atom is -0.347 e. The maximum atomic E-state index is 5.85. The van der Waals surface area contributed by atoms with Gasteiger partial charge < -0.3 is 14.4 Å². The maximum absolute atomic E-state index is 5.85. The average molecular weight is 361 g/mol. The molecular weight excluding hydrogens is 338 g/mol. The van der Waals surface area contributed by atoms with Crippen molar-refractivity contribution in [2.24, 2.45) is 0 Å². The SMILES string of the molecule is Cc1ccc2nc(N3CCC4(CC3)OCCO4)nc(-c3ccccc3)c2c1. The Balaban J connectivity index is 1.55. The topological polar surface area (TPSA) is 47.5 Å². The molecule has 0 amide bonds. The van der Waals surface area contributed by atoms with Crippen molar-refractivity contribution >= 4 is 16.9 Å². The lowest BCUT2D eigenvalue weighted by atomic mass is 10.0. The first kappa shape index (κ1) is 16.7. The second-order valence-corrected chi connectivity index (χ2v) is 7.35. The van der Waals surface area contributed by atoms with Gasteiger partial charge in [-0.25, -0.2) is 9.97 Å². The van der Waals surface area contributed by atoms with Crippen LogP contribution in [0.3, 0.4) is 0 Å². The van der Waals surface area contributed by atoms with E-state index >= 15 is 0 Å². The van der Waals surface area contributed by atoms with Crippen molar-refractivity contribution < 1.29 is 9.47 Å². The summed E-state index contributed by atoms with van der Waals surface area (Å²) in [4.78, 5) is 12.1. The highest BCUT2D eigenvalue weighted by molar-refractivity contribution is 5.93. The molecule has 2 fully saturated rings. The van der Waals surface area contributed by atoms with Gasteiger partial charge in [-0.3, -0.25) is 0 Å². The summed E-state index contributed by atoms with van der Waals surface area (Å²) >= 11 is 0. The minimum absolute atomic E-state index is 0.382. The third-order valence-corrected chi connectivity index (χ3v) is 5.51.